The Bertz CT molecular complexity index is 769. The van der Waals surface area contributed by atoms with Gasteiger partial charge in [-0.05, 0) is 29.8 Å². The summed E-state index contributed by atoms with van der Waals surface area (Å²) in [6.45, 7) is 0. The normalized spacial score (nSPS) is 10.3. The van der Waals surface area contributed by atoms with Gasteiger partial charge in [0.05, 0.1) is 40.0 Å². The Labute approximate surface area is 114 Å². The first-order valence-electron chi connectivity index (χ1n) is 5.74. The number of thiazole rings is 1. The summed E-state index contributed by atoms with van der Waals surface area (Å²) >= 11 is 1.60. The van der Waals surface area contributed by atoms with Gasteiger partial charge in [-0.2, -0.15) is 5.26 Å². The Morgan fingerprint density at radius 2 is 1.95 bits per heavy atom. The van der Waals surface area contributed by atoms with Crippen molar-refractivity contribution in [2.45, 2.75) is 0 Å². The minimum absolute atomic E-state index is 0.646. The van der Waals surface area contributed by atoms with Crippen molar-refractivity contribution >= 4 is 21.6 Å². The molecule has 0 atom stereocenters. The van der Waals surface area contributed by atoms with E-state index >= 15 is 0 Å². The van der Waals surface area contributed by atoms with E-state index in [-0.39, 0.29) is 0 Å². The summed E-state index contributed by atoms with van der Waals surface area (Å²) in [4.78, 5) is 4.42. The Balaban J connectivity index is 2.27. The number of hydrogen-bond donors (Lipinski definition) is 0. The van der Waals surface area contributed by atoms with Crippen molar-refractivity contribution in [2.24, 2.45) is 0 Å². The fourth-order valence-electron chi connectivity index (χ4n) is 2.07. The number of benzene rings is 2. The lowest BCUT2D eigenvalue weighted by Gasteiger charge is -2.09. The molecule has 0 bridgehead atoms. The van der Waals surface area contributed by atoms with Crippen LogP contribution in [-0.4, -0.2) is 12.1 Å². The number of rotatable bonds is 2. The van der Waals surface area contributed by atoms with Gasteiger partial charge < -0.3 is 4.74 Å². The highest BCUT2D eigenvalue weighted by Crippen LogP contribution is 2.37. The van der Waals surface area contributed by atoms with E-state index in [1.54, 1.807) is 30.6 Å². The van der Waals surface area contributed by atoms with Gasteiger partial charge in [-0.3, -0.25) is 0 Å². The molecule has 0 amide bonds. The monoisotopic (exact) mass is 266 g/mol. The van der Waals surface area contributed by atoms with Crippen LogP contribution in [0.1, 0.15) is 5.56 Å². The van der Waals surface area contributed by atoms with Crippen LogP contribution in [0.25, 0.3) is 21.3 Å². The zero-order valence-electron chi connectivity index (χ0n) is 10.3. The maximum Gasteiger partial charge on any atom is 0.128 e. The van der Waals surface area contributed by atoms with Gasteiger partial charge in [-0.1, -0.05) is 12.1 Å². The quantitative estimate of drug-likeness (QED) is 0.708. The van der Waals surface area contributed by atoms with Gasteiger partial charge in [-0.25, -0.2) is 4.98 Å². The molecule has 0 spiro atoms. The first kappa shape index (κ1) is 11.7. The molecule has 1 heterocycles. The molecular formula is C15H10N2OS. The van der Waals surface area contributed by atoms with Crippen LogP contribution in [0.2, 0.25) is 0 Å². The highest BCUT2D eigenvalue weighted by Gasteiger charge is 2.12. The van der Waals surface area contributed by atoms with E-state index in [1.165, 1.54) is 0 Å². The van der Waals surface area contributed by atoms with Gasteiger partial charge in [0.25, 0.3) is 0 Å². The number of aromatic nitrogens is 1. The minimum Gasteiger partial charge on any atom is -0.496 e. The Kier molecular flexibility index (Phi) is 2.90. The second-order valence-corrected chi connectivity index (χ2v) is 4.92. The van der Waals surface area contributed by atoms with Gasteiger partial charge >= 0.3 is 0 Å². The summed E-state index contributed by atoms with van der Waals surface area (Å²) in [7, 11) is 1.65. The fourth-order valence-corrected chi connectivity index (χ4v) is 2.76. The maximum absolute atomic E-state index is 8.85. The largest absolute Gasteiger partial charge is 0.496 e. The third kappa shape index (κ3) is 1.94. The van der Waals surface area contributed by atoms with Gasteiger partial charge in [0.15, 0.2) is 0 Å². The molecule has 0 saturated heterocycles. The molecule has 3 aromatic rings. The summed E-state index contributed by atoms with van der Waals surface area (Å²) in [6.07, 6.45) is 0. The van der Waals surface area contributed by atoms with E-state index in [4.69, 9.17) is 10.00 Å². The highest BCUT2D eigenvalue weighted by atomic mass is 32.1. The second kappa shape index (κ2) is 4.71. The average Bonchev–Trinajstić information content (AvgIpc) is 2.94. The van der Waals surface area contributed by atoms with Crippen molar-refractivity contribution in [2.75, 3.05) is 7.11 Å². The Hall–Kier alpha value is -2.38. The Morgan fingerprint density at radius 3 is 2.63 bits per heavy atom. The lowest BCUT2D eigenvalue weighted by molar-refractivity contribution is 0.417. The molecule has 92 valence electrons. The van der Waals surface area contributed by atoms with Gasteiger partial charge in [0.2, 0.25) is 0 Å². The average molecular weight is 266 g/mol. The van der Waals surface area contributed by atoms with E-state index < -0.39 is 0 Å². The number of methoxy groups -OCH3 is 1. The van der Waals surface area contributed by atoms with Gasteiger partial charge in [-0.15, -0.1) is 11.3 Å². The predicted molar refractivity (Wildman–Crippen MR) is 76.3 cm³/mol. The lowest BCUT2D eigenvalue weighted by atomic mass is 10.0. The molecule has 1 aromatic heterocycles. The van der Waals surface area contributed by atoms with Crippen molar-refractivity contribution in [3.63, 3.8) is 0 Å². The Morgan fingerprint density at radius 1 is 1.16 bits per heavy atom. The van der Waals surface area contributed by atoms with Crippen LogP contribution in [0.5, 0.6) is 5.75 Å². The topological polar surface area (TPSA) is 45.9 Å². The number of nitriles is 1. The van der Waals surface area contributed by atoms with Gasteiger partial charge in [0, 0.05) is 0 Å². The molecule has 0 aliphatic heterocycles. The second-order valence-electron chi connectivity index (χ2n) is 4.03. The molecular weight excluding hydrogens is 256 g/mol. The van der Waals surface area contributed by atoms with Crippen LogP contribution in [0.3, 0.4) is 0 Å². The summed E-state index contributed by atoms with van der Waals surface area (Å²) in [6, 6.07) is 13.5. The molecule has 2 aromatic carbocycles. The van der Waals surface area contributed by atoms with Crippen LogP contribution in [0.15, 0.2) is 41.9 Å². The molecule has 0 saturated carbocycles. The third-order valence-corrected chi connectivity index (χ3v) is 3.78. The number of ether oxygens (including phenoxy) is 1. The molecule has 3 nitrogen and oxygen atoms in total. The first-order valence-corrected chi connectivity index (χ1v) is 6.62. The molecule has 0 aliphatic rings. The van der Waals surface area contributed by atoms with E-state index in [1.807, 2.05) is 29.8 Å². The first-order chi connectivity index (χ1) is 9.33. The van der Waals surface area contributed by atoms with Crippen LogP contribution in [-0.2, 0) is 0 Å². The van der Waals surface area contributed by atoms with Crippen molar-refractivity contribution in [3.05, 3.63) is 47.5 Å². The van der Waals surface area contributed by atoms with Gasteiger partial charge in [0.1, 0.15) is 5.75 Å². The summed E-state index contributed by atoms with van der Waals surface area (Å²) in [5, 5.41) is 8.85. The molecule has 0 aliphatic carbocycles. The minimum atomic E-state index is 0.646. The lowest BCUT2D eigenvalue weighted by Crippen LogP contribution is -1.89. The molecule has 0 fully saturated rings. The zero-order valence-corrected chi connectivity index (χ0v) is 11.1. The molecule has 0 unspecified atom stereocenters. The summed E-state index contributed by atoms with van der Waals surface area (Å²) < 4.78 is 6.56. The number of fused-ring (bicyclic) bond motifs is 1. The summed E-state index contributed by atoms with van der Waals surface area (Å²) in [5.74, 6) is 0.795. The van der Waals surface area contributed by atoms with E-state index in [9.17, 15) is 0 Å². The predicted octanol–water partition coefficient (Wildman–Crippen LogP) is 3.84. The molecule has 0 radical (unpaired) electrons. The van der Waals surface area contributed by atoms with Crippen LogP contribution in [0.4, 0.5) is 0 Å². The fraction of sp³-hybridized carbons (Fsp3) is 0.0667. The number of hydrogen-bond acceptors (Lipinski definition) is 4. The van der Waals surface area contributed by atoms with Crippen LogP contribution < -0.4 is 4.74 Å². The highest BCUT2D eigenvalue weighted by molar-refractivity contribution is 7.16. The van der Waals surface area contributed by atoms with E-state index in [0.29, 0.717) is 5.56 Å². The maximum atomic E-state index is 8.85. The van der Waals surface area contributed by atoms with E-state index in [2.05, 4.69) is 11.1 Å². The molecule has 19 heavy (non-hydrogen) atoms. The van der Waals surface area contributed by atoms with Crippen molar-refractivity contribution in [1.29, 1.82) is 5.26 Å². The zero-order chi connectivity index (χ0) is 13.2. The van der Waals surface area contributed by atoms with E-state index in [0.717, 1.165) is 27.1 Å². The van der Waals surface area contributed by atoms with Crippen molar-refractivity contribution in [1.82, 2.24) is 4.98 Å². The van der Waals surface area contributed by atoms with Crippen LogP contribution >= 0.6 is 11.3 Å². The molecule has 3 rings (SSSR count). The summed E-state index contributed by atoms with van der Waals surface area (Å²) in [5.41, 5.74) is 5.40. The van der Waals surface area contributed by atoms with Crippen molar-refractivity contribution in [3.8, 4) is 22.9 Å². The third-order valence-electron chi connectivity index (χ3n) is 2.99. The number of nitrogens with zero attached hydrogens (tertiary/aromatic N) is 2. The molecule has 0 N–H and O–H groups in total. The SMILES string of the molecule is COc1ccc2scnc2c1-c1ccc(C#N)cc1. The smallest absolute Gasteiger partial charge is 0.128 e. The van der Waals surface area contributed by atoms with Crippen molar-refractivity contribution < 1.29 is 4.74 Å². The standard InChI is InChI=1S/C15H10N2OS/c1-18-12-6-7-13-15(17-9-19-13)14(12)11-4-2-10(8-16)3-5-11/h2-7,9H,1H3. The molecule has 4 heteroatoms. The van der Waals surface area contributed by atoms with Crippen LogP contribution in [0, 0.1) is 11.3 Å².